The molecule has 4 saturated heterocycles. The highest BCUT2D eigenvalue weighted by molar-refractivity contribution is 5.15. The van der Waals surface area contributed by atoms with Gasteiger partial charge in [-0.05, 0) is 104 Å². The Morgan fingerprint density at radius 3 is 2.10 bits per heavy atom. The lowest BCUT2D eigenvalue weighted by molar-refractivity contribution is -0.354. The number of hydrogen-bond donors (Lipinski definition) is 10. The van der Waals surface area contributed by atoms with E-state index < -0.39 is 105 Å². The lowest BCUT2D eigenvalue weighted by Gasteiger charge is -2.61. The summed E-state index contributed by atoms with van der Waals surface area (Å²) in [5.41, 5.74) is 0.227. The van der Waals surface area contributed by atoms with Crippen LogP contribution in [-0.4, -0.2) is 189 Å². The molecule has 8 rings (SSSR count). The van der Waals surface area contributed by atoms with Crippen molar-refractivity contribution in [3.8, 4) is 0 Å². The molecule has 0 bridgehead atoms. The summed E-state index contributed by atoms with van der Waals surface area (Å²) in [7, 11) is 1.74. The lowest BCUT2D eigenvalue weighted by Crippen LogP contribution is -2.63. The molecule has 18 nitrogen and oxygen atoms in total. The van der Waals surface area contributed by atoms with Crippen molar-refractivity contribution >= 4 is 0 Å². The highest BCUT2D eigenvalue weighted by atomic mass is 16.7. The third-order valence-corrected chi connectivity index (χ3v) is 17.9. The van der Waals surface area contributed by atoms with E-state index in [-0.39, 0.29) is 48.1 Å². The molecule has 4 saturated carbocycles. The van der Waals surface area contributed by atoms with Crippen molar-refractivity contribution in [1.82, 2.24) is 0 Å². The van der Waals surface area contributed by atoms with Gasteiger partial charge in [0.05, 0.1) is 38.6 Å². The van der Waals surface area contributed by atoms with Gasteiger partial charge in [-0.1, -0.05) is 27.7 Å². The molecule has 10 N–H and O–H groups in total. The van der Waals surface area contributed by atoms with Crippen LogP contribution >= 0.6 is 0 Å². The van der Waals surface area contributed by atoms with Crippen molar-refractivity contribution in [1.29, 1.82) is 0 Å². The zero-order valence-corrected chi connectivity index (χ0v) is 37.4. The number of hydrogen-bond acceptors (Lipinski definition) is 18. The van der Waals surface area contributed by atoms with Crippen LogP contribution in [-0.2, 0) is 37.9 Å². The third-order valence-electron chi connectivity index (χ3n) is 17.9. The van der Waals surface area contributed by atoms with Gasteiger partial charge in [-0.2, -0.15) is 0 Å². The van der Waals surface area contributed by atoms with E-state index in [1.54, 1.807) is 7.11 Å². The van der Waals surface area contributed by atoms with E-state index in [0.717, 1.165) is 57.8 Å². The summed E-state index contributed by atoms with van der Waals surface area (Å²) in [4.78, 5) is 0. The molecular formula is C45H76O18. The van der Waals surface area contributed by atoms with Crippen LogP contribution in [0.3, 0.4) is 0 Å². The number of aliphatic hydroxyl groups is 10. The maximum Gasteiger partial charge on any atom is 0.186 e. The van der Waals surface area contributed by atoms with Gasteiger partial charge in [-0.3, -0.25) is 0 Å². The maximum absolute atomic E-state index is 11.2. The molecule has 0 radical (unpaired) electrons. The molecule has 8 aliphatic rings. The molecule has 0 spiro atoms. The van der Waals surface area contributed by atoms with E-state index in [1.165, 1.54) is 0 Å². The molecule has 8 fully saturated rings. The van der Waals surface area contributed by atoms with Gasteiger partial charge in [0.15, 0.2) is 24.7 Å². The summed E-state index contributed by atoms with van der Waals surface area (Å²) in [5.74, 6) is 1.90. The monoisotopic (exact) mass is 905 g/mol. The third kappa shape index (κ3) is 8.60. The van der Waals surface area contributed by atoms with Crippen LogP contribution in [0.4, 0.5) is 0 Å². The molecule has 26 atom stereocenters. The van der Waals surface area contributed by atoms with E-state index in [1.807, 2.05) is 6.92 Å². The summed E-state index contributed by atoms with van der Waals surface area (Å²) in [6, 6.07) is 0. The predicted molar refractivity (Wildman–Crippen MR) is 218 cm³/mol. The van der Waals surface area contributed by atoms with Crippen molar-refractivity contribution in [2.45, 2.75) is 196 Å². The summed E-state index contributed by atoms with van der Waals surface area (Å²) >= 11 is 0. The second-order valence-corrected chi connectivity index (χ2v) is 21.2. The Morgan fingerprint density at radius 1 is 0.698 bits per heavy atom. The fourth-order valence-corrected chi connectivity index (χ4v) is 14.2. The van der Waals surface area contributed by atoms with Gasteiger partial charge in [-0.25, -0.2) is 0 Å². The van der Waals surface area contributed by atoms with Crippen LogP contribution in [0.2, 0.25) is 0 Å². The average molecular weight is 905 g/mol. The van der Waals surface area contributed by atoms with Gasteiger partial charge in [-0.15, -0.1) is 0 Å². The van der Waals surface area contributed by atoms with Gasteiger partial charge >= 0.3 is 0 Å². The number of methoxy groups -OCH3 is 1. The van der Waals surface area contributed by atoms with Gasteiger partial charge < -0.3 is 89.0 Å². The SMILES string of the molecule is COC1(CCC(C)COC2OC(CO)C(O)C(O)C2O)OC2CC3C4CCC5CC(OC6OC(CO)C(OC7OCC(O)C(O)C7O)C(O)C6O)CCC5(C)C4CCC3(C)C2C1C. The topological polar surface area (TPSA) is 276 Å². The first-order valence-corrected chi connectivity index (χ1v) is 23.7. The lowest BCUT2D eigenvalue weighted by atomic mass is 9.44. The van der Waals surface area contributed by atoms with E-state index in [2.05, 4.69) is 20.8 Å². The van der Waals surface area contributed by atoms with Crippen molar-refractivity contribution in [2.75, 3.05) is 33.5 Å². The molecular weight excluding hydrogens is 828 g/mol. The minimum absolute atomic E-state index is 0.0401. The Balaban J connectivity index is 0.846. The molecule has 0 aromatic rings. The van der Waals surface area contributed by atoms with Gasteiger partial charge in [0.2, 0.25) is 0 Å². The zero-order chi connectivity index (χ0) is 45.3. The second kappa shape index (κ2) is 19.0. The Kier molecular flexibility index (Phi) is 14.7. The van der Waals surface area contributed by atoms with Gasteiger partial charge in [0, 0.05) is 19.4 Å². The minimum Gasteiger partial charge on any atom is -0.394 e. The Morgan fingerprint density at radius 2 is 1.38 bits per heavy atom. The number of rotatable bonds is 13. The first-order valence-electron chi connectivity index (χ1n) is 23.7. The quantitative estimate of drug-likeness (QED) is 0.105. The van der Waals surface area contributed by atoms with Crippen molar-refractivity contribution in [3.63, 3.8) is 0 Å². The maximum atomic E-state index is 11.2. The van der Waals surface area contributed by atoms with Crippen molar-refractivity contribution < 1.29 is 89.0 Å². The fourth-order valence-electron chi connectivity index (χ4n) is 14.2. The summed E-state index contributed by atoms with van der Waals surface area (Å²) < 4.78 is 48.2. The summed E-state index contributed by atoms with van der Waals surface area (Å²) in [6.45, 7) is 8.15. The Bertz CT molecular complexity index is 1530. The van der Waals surface area contributed by atoms with Crippen molar-refractivity contribution in [2.24, 2.45) is 52.3 Å². The summed E-state index contributed by atoms with van der Waals surface area (Å²) in [6.07, 6.45) is -9.87. The standard InChI is InChI=1S/C45H76O18/c1-20(18-57-40-37(54)34(51)33(50)29(16-46)60-40)8-13-45(56-5)21(2)31-28(63-45)15-26-24-7-6-22-14-23(9-11-43(22,3)25(24)10-12-44(26,31)4)59-42-38(55)35(52)39(30(17-47)61-42)62-41-36(53)32(49)27(48)19-58-41/h20-42,46-55H,6-19H2,1-5H3. The second-order valence-electron chi connectivity index (χ2n) is 21.2. The van der Waals surface area contributed by atoms with Crippen LogP contribution in [0.25, 0.3) is 0 Å². The Labute approximate surface area is 370 Å². The highest BCUT2D eigenvalue weighted by Gasteiger charge is 2.69. The number of ether oxygens (including phenoxy) is 8. The fraction of sp³-hybridized carbons (Fsp3) is 1.00. The molecule has 26 unspecified atom stereocenters. The van der Waals surface area contributed by atoms with E-state index in [9.17, 15) is 51.1 Å². The smallest absolute Gasteiger partial charge is 0.186 e. The van der Waals surface area contributed by atoms with E-state index in [0.29, 0.717) is 36.0 Å². The molecule has 0 aromatic heterocycles. The molecule has 0 aromatic carbocycles. The molecule has 4 heterocycles. The van der Waals surface area contributed by atoms with Crippen molar-refractivity contribution in [3.05, 3.63) is 0 Å². The van der Waals surface area contributed by atoms with Gasteiger partial charge in [0.1, 0.15) is 67.1 Å². The van der Waals surface area contributed by atoms with E-state index in [4.69, 9.17) is 37.9 Å². The predicted octanol–water partition coefficient (Wildman–Crippen LogP) is -0.486. The van der Waals surface area contributed by atoms with Crippen LogP contribution in [0.15, 0.2) is 0 Å². The number of fused-ring (bicyclic) bond motifs is 7. The van der Waals surface area contributed by atoms with Gasteiger partial charge in [0.25, 0.3) is 0 Å². The zero-order valence-electron chi connectivity index (χ0n) is 37.4. The molecule has 0 amide bonds. The van der Waals surface area contributed by atoms with E-state index >= 15 is 0 Å². The van der Waals surface area contributed by atoms with Crippen LogP contribution < -0.4 is 0 Å². The molecule has 18 heteroatoms. The summed E-state index contributed by atoms with van der Waals surface area (Å²) in [5, 5.41) is 103. The van der Waals surface area contributed by atoms with Crippen LogP contribution in [0, 0.1) is 52.3 Å². The first-order chi connectivity index (χ1) is 29.9. The molecule has 4 aliphatic heterocycles. The minimum atomic E-state index is -1.62. The normalized spacial score (nSPS) is 55.1. The Hall–Kier alpha value is -0.720. The molecule has 364 valence electrons. The highest BCUT2D eigenvalue weighted by Crippen LogP contribution is 2.71. The van der Waals surface area contributed by atoms with Crippen LogP contribution in [0.1, 0.15) is 91.9 Å². The molecule has 4 aliphatic carbocycles. The first kappa shape index (κ1) is 48.7. The largest absolute Gasteiger partial charge is 0.394 e. The molecule has 63 heavy (non-hydrogen) atoms. The number of aliphatic hydroxyl groups excluding tert-OH is 10. The van der Waals surface area contributed by atoms with Crippen LogP contribution in [0.5, 0.6) is 0 Å². The average Bonchev–Trinajstić information content (AvgIpc) is 3.73.